The molecule has 0 bridgehead atoms. The second-order valence-electron chi connectivity index (χ2n) is 12.8. The minimum absolute atomic E-state index is 0.00884. The molecule has 2 aliphatic rings. The zero-order valence-electron chi connectivity index (χ0n) is 22.5. The highest BCUT2D eigenvalue weighted by atomic mass is 16.6. The standard InChI is InChI=1S/C26H49N3O4/c1-10-11-12-27-20(22(31)33-19-16-25(6,7)29-26(8,9)17-19)13-21(30)32-18-14-23(2,3)28-24(4,5)15-18/h18-20,27-29H,10-17H2,1-9H3/t20-/m0/s1. The van der Waals surface area contributed by atoms with Gasteiger partial charge in [-0.15, -0.1) is 0 Å². The first-order valence-electron chi connectivity index (χ1n) is 12.7. The molecular weight excluding hydrogens is 418 g/mol. The van der Waals surface area contributed by atoms with Gasteiger partial charge in [-0.1, -0.05) is 13.3 Å². The first kappa shape index (κ1) is 28.1. The number of hydrogen-bond acceptors (Lipinski definition) is 7. The Morgan fingerprint density at radius 1 is 0.818 bits per heavy atom. The van der Waals surface area contributed by atoms with Gasteiger partial charge in [-0.2, -0.15) is 0 Å². The van der Waals surface area contributed by atoms with Crippen molar-refractivity contribution in [2.45, 2.75) is 148 Å². The van der Waals surface area contributed by atoms with Gasteiger partial charge in [0.1, 0.15) is 18.2 Å². The topological polar surface area (TPSA) is 88.7 Å². The van der Waals surface area contributed by atoms with E-state index in [0.29, 0.717) is 6.54 Å². The van der Waals surface area contributed by atoms with Gasteiger partial charge in [-0.25, -0.2) is 0 Å². The van der Waals surface area contributed by atoms with E-state index in [1.807, 2.05) is 0 Å². The van der Waals surface area contributed by atoms with Crippen LogP contribution in [-0.2, 0) is 19.1 Å². The quantitative estimate of drug-likeness (QED) is 0.351. The van der Waals surface area contributed by atoms with Crippen LogP contribution in [0.25, 0.3) is 0 Å². The lowest BCUT2D eigenvalue weighted by Crippen LogP contribution is -2.60. The molecule has 7 nitrogen and oxygen atoms in total. The Balaban J connectivity index is 2.01. The highest BCUT2D eigenvalue weighted by Gasteiger charge is 2.41. The molecule has 0 unspecified atom stereocenters. The summed E-state index contributed by atoms with van der Waals surface area (Å²) in [6.45, 7) is 19.8. The molecule has 0 aromatic heterocycles. The molecule has 2 saturated heterocycles. The molecule has 7 heteroatoms. The van der Waals surface area contributed by atoms with E-state index >= 15 is 0 Å². The largest absolute Gasteiger partial charge is 0.462 e. The van der Waals surface area contributed by atoms with Crippen LogP contribution < -0.4 is 16.0 Å². The summed E-state index contributed by atoms with van der Waals surface area (Å²) in [5.41, 5.74) is -0.463. The molecule has 0 aromatic carbocycles. The molecule has 0 aliphatic carbocycles. The Morgan fingerprint density at radius 3 is 1.67 bits per heavy atom. The minimum Gasteiger partial charge on any atom is -0.462 e. The summed E-state index contributed by atoms with van der Waals surface area (Å²) in [6.07, 6.45) is 4.58. The summed E-state index contributed by atoms with van der Waals surface area (Å²) >= 11 is 0. The van der Waals surface area contributed by atoms with Crippen LogP contribution in [0.5, 0.6) is 0 Å². The average molecular weight is 468 g/mol. The lowest BCUT2D eigenvalue weighted by Gasteiger charge is -2.46. The maximum atomic E-state index is 13.1. The molecule has 0 saturated carbocycles. The zero-order chi connectivity index (χ0) is 25.1. The van der Waals surface area contributed by atoms with E-state index < -0.39 is 6.04 Å². The highest BCUT2D eigenvalue weighted by molar-refractivity contribution is 5.83. The van der Waals surface area contributed by atoms with Crippen molar-refractivity contribution in [3.63, 3.8) is 0 Å². The van der Waals surface area contributed by atoms with E-state index in [0.717, 1.165) is 38.5 Å². The van der Waals surface area contributed by atoms with Crippen LogP contribution in [0.4, 0.5) is 0 Å². The summed E-state index contributed by atoms with van der Waals surface area (Å²) < 4.78 is 11.8. The number of carbonyl (C=O) groups is 2. The van der Waals surface area contributed by atoms with E-state index in [2.05, 4.69) is 78.3 Å². The van der Waals surface area contributed by atoms with Gasteiger partial charge in [0.05, 0.1) is 6.42 Å². The molecule has 0 radical (unpaired) electrons. The molecule has 33 heavy (non-hydrogen) atoms. The van der Waals surface area contributed by atoms with Gasteiger partial charge in [0.2, 0.25) is 0 Å². The third-order valence-electron chi connectivity index (χ3n) is 6.46. The molecular formula is C26H49N3O4. The van der Waals surface area contributed by atoms with Gasteiger partial charge in [0.15, 0.2) is 0 Å². The van der Waals surface area contributed by atoms with Crippen molar-refractivity contribution in [1.82, 2.24) is 16.0 Å². The number of esters is 2. The summed E-state index contributed by atoms with van der Waals surface area (Å²) in [7, 11) is 0. The SMILES string of the molecule is CCCCN[C@@H](CC(=O)OC1CC(C)(C)NC(C)(C)C1)C(=O)OC1CC(C)(C)NC(C)(C)C1. The number of piperidine rings is 2. The second kappa shape index (κ2) is 10.6. The van der Waals surface area contributed by atoms with Crippen LogP contribution in [0.2, 0.25) is 0 Å². The first-order valence-corrected chi connectivity index (χ1v) is 12.7. The Labute approximate surface area is 201 Å². The molecule has 0 amide bonds. The van der Waals surface area contributed by atoms with Gasteiger partial charge in [0, 0.05) is 47.8 Å². The van der Waals surface area contributed by atoms with Gasteiger partial charge >= 0.3 is 11.9 Å². The average Bonchev–Trinajstić information content (AvgIpc) is 2.55. The maximum Gasteiger partial charge on any atom is 0.324 e. The Bertz CT molecular complexity index is 655. The number of hydrogen-bond donors (Lipinski definition) is 3. The second-order valence-corrected chi connectivity index (χ2v) is 12.8. The van der Waals surface area contributed by atoms with Crippen LogP contribution in [0.1, 0.15) is 107 Å². The normalized spacial score (nSPS) is 25.2. The number of ether oxygens (including phenoxy) is 2. The van der Waals surface area contributed by atoms with Gasteiger partial charge in [-0.05, 0) is 68.4 Å². The molecule has 3 N–H and O–H groups in total. The lowest BCUT2D eigenvalue weighted by atomic mass is 9.81. The summed E-state index contributed by atoms with van der Waals surface area (Å²) in [4.78, 5) is 26.0. The predicted molar refractivity (Wildman–Crippen MR) is 132 cm³/mol. The fourth-order valence-corrected chi connectivity index (χ4v) is 5.96. The number of rotatable bonds is 9. The third kappa shape index (κ3) is 9.53. The van der Waals surface area contributed by atoms with Gasteiger partial charge in [-0.3, -0.25) is 9.59 Å². The molecule has 0 spiro atoms. The van der Waals surface area contributed by atoms with Crippen molar-refractivity contribution in [2.75, 3.05) is 6.54 Å². The van der Waals surface area contributed by atoms with Crippen molar-refractivity contribution in [3.8, 4) is 0 Å². The lowest BCUT2D eigenvalue weighted by molar-refractivity contribution is -0.162. The van der Waals surface area contributed by atoms with E-state index in [-0.39, 0.29) is 52.7 Å². The molecule has 2 fully saturated rings. The van der Waals surface area contributed by atoms with Crippen molar-refractivity contribution in [2.24, 2.45) is 0 Å². The van der Waals surface area contributed by atoms with Crippen LogP contribution in [-0.4, -0.2) is 58.9 Å². The first-order chi connectivity index (χ1) is 15.0. The summed E-state index contributed by atoms with van der Waals surface area (Å²) in [6, 6.07) is -0.687. The number of carbonyl (C=O) groups excluding carboxylic acids is 2. The van der Waals surface area contributed by atoms with Gasteiger partial charge < -0.3 is 25.4 Å². The van der Waals surface area contributed by atoms with E-state index in [1.54, 1.807) is 0 Å². The van der Waals surface area contributed by atoms with Crippen molar-refractivity contribution in [1.29, 1.82) is 0 Å². The number of unbranched alkanes of at least 4 members (excludes halogenated alkanes) is 1. The molecule has 0 aromatic rings. The van der Waals surface area contributed by atoms with E-state index in [4.69, 9.17) is 9.47 Å². The molecule has 2 heterocycles. The van der Waals surface area contributed by atoms with Crippen LogP contribution >= 0.6 is 0 Å². The fourth-order valence-electron chi connectivity index (χ4n) is 5.96. The van der Waals surface area contributed by atoms with Crippen molar-refractivity contribution >= 4 is 11.9 Å². The zero-order valence-corrected chi connectivity index (χ0v) is 22.5. The highest BCUT2D eigenvalue weighted by Crippen LogP contribution is 2.32. The van der Waals surface area contributed by atoms with Crippen LogP contribution in [0.3, 0.4) is 0 Å². The monoisotopic (exact) mass is 467 g/mol. The summed E-state index contributed by atoms with van der Waals surface area (Å²) in [5, 5.41) is 10.5. The van der Waals surface area contributed by atoms with Gasteiger partial charge in [0.25, 0.3) is 0 Å². The van der Waals surface area contributed by atoms with E-state index in [9.17, 15) is 9.59 Å². The maximum absolute atomic E-state index is 13.1. The minimum atomic E-state index is -0.687. The fraction of sp³-hybridized carbons (Fsp3) is 0.923. The molecule has 2 rings (SSSR count). The molecule has 2 aliphatic heterocycles. The van der Waals surface area contributed by atoms with Crippen LogP contribution in [0.15, 0.2) is 0 Å². The molecule has 192 valence electrons. The summed E-state index contributed by atoms with van der Waals surface area (Å²) in [5.74, 6) is -0.696. The number of nitrogens with one attached hydrogen (secondary N) is 3. The van der Waals surface area contributed by atoms with Crippen molar-refractivity contribution in [3.05, 3.63) is 0 Å². The van der Waals surface area contributed by atoms with Crippen molar-refractivity contribution < 1.29 is 19.1 Å². The predicted octanol–water partition coefficient (Wildman–Crippen LogP) is 3.84. The third-order valence-corrected chi connectivity index (χ3v) is 6.46. The van der Waals surface area contributed by atoms with Crippen LogP contribution in [0, 0.1) is 0 Å². The van der Waals surface area contributed by atoms with E-state index in [1.165, 1.54) is 0 Å². The Kier molecular flexibility index (Phi) is 9.02. The Hall–Kier alpha value is -1.18. The molecule has 1 atom stereocenters. The Morgan fingerprint density at radius 2 is 1.24 bits per heavy atom. The smallest absolute Gasteiger partial charge is 0.324 e.